The van der Waals surface area contributed by atoms with Crippen LogP contribution in [0.25, 0.3) is 10.9 Å². The Hall–Kier alpha value is -4.40. The second kappa shape index (κ2) is 9.33. The van der Waals surface area contributed by atoms with E-state index in [2.05, 4.69) is 4.98 Å². The van der Waals surface area contributed by atoms with Crippen LogP contribution in [0.3, 0.4) is 0 Å². The summed E-state index contributed by atoms with van der Waals surface area (Å²) in [4.78, 5) is 42.3. The van der Waals surface area contributed by atoms with Crippen molar-refractivity contribution in [3.63, 3.8) is 0 Å². The van der Waals surface area contributed by atoms with Crippen LogP contribution in [0.4, 0.5) is 0 Å². The van der Waals surface area contributed by atoms with E-state index in [1.54, 1.807) is 18.2 Å². The zero-order chi connectivity index (χ0) is 25.4. The lowest BCUT2D eigenvalue weighted by molar-refractivity contribution is -0.143. The number of nitrogens with zero attached hydrogens (tertiary/aromatic N) is 3. The highest BCUT2D eigenvalue weighted by Gasteiger charge is 2.19. The van der Waals surface area contributed by atoms with E-state index in [1.165, 1.54) is 10.9 Å². The number of hydrogen-bond acceptors (Lipinski definition) is 7. The van der Waals surface area contributed by atoms with Crippen molar-refractivity contribution in [1.29, 1.82) is 0 Å². The van der Waals surface area contributed by atoms with Gasteiger partial charge in [0.25, 0.3) is 5.56 Å². The SMILES string of the molecule is Cc1cccc2c(=O)n(CC(=O)OCC(=O)c3cc(C)n(Cc4ccc5c(c4)OCO5)c3C)cnc12. The molecule has 0 saturated carbocycles. The van der Waals surface area contributed by atoms with Gasteiger partial charge in [0.1, 0.15) is 6.54 Å². The van der Waals surface area contributed by atoms with Gasteiger partial charge in [-0.15, -0.1) is 0 Å². The Morgan fingerprint density at radius 3 is 2.69 bits per heavy atom. The molecule has 0 spiro atoms. The fourth-order valence-electron chi connectivity index (χ4n) is 4.41. The van der Waals surface area contributed by atoms with Crippen LogP contribution in [-0.2, 0) is 22.6 Å². The smallest absolute Gasteiger partial charge is 0.326 e. The molecule has 2 aromatic carbocycles. The molecule has 5 rings (SSSR count). The van der Waals surface area contributed by atoms with Crippen LogP contribution in [-0.4, -0.2) is 39.3 Å². The van der Waals surface area contributed by atoms with Crippen molar-refractivity contribution in [3.8, 4) is 11.5 Å². The number of Topliss-reactive ketones (excluding diaryl/α,β-unsaturated/α-hetero) is 1. The molecule has 184 valence electrons. The lowest BCUT2D eigenvalue weighted by atomic mass is 10.1. The average molecular weight is 488 g/mol. The van der Waals surface area contributed by atoms with E-state index >= 15 is 0 Å². The molecule has 4 aromatic rings. The number of carbonyl (C=O) groups excluding carboxylic acids is 2. The summed E-state index contributed by atoms with van der Waals surface area (Å²) in [7, 11) is 0. The molecule has 1 aliphatic heterocycles. The van der Waals surface area contributed by atoms with Crippen molar-refractivity contribution in [1.82, 2.24) is 14.1 Å². The Kier molecular flexibility index (Phi) is 6.05. The molecule has 36 heavy (non-hydrogen) atoms. The number of aryl methyl sites for hydroxylation is 2. The maximum absolute atomic E-state index is 12.9. The standard InChI is InChI=1S/C27H25N3O6/c1-16-5-4-6-20-26(16)28-14-29(27(20)33)12-25(32)34-13-22(31)21-9-17(2)30(18(21)3)11-19-7-8-23-24(10-19)36-15-35-23/h4-10,14H,11-13,15H2,1-3H3. The van der Waals surface area contributed by atoms with Crippen LogP contribution in [0.2, 0.25) is 0 Å². The highest BCUT2D eigenvalue weighted by atomic mass is 16.7. The van der Waals surface area contributed by atoms with E-state index in [0.717, 1.165) is 22.5 Å². The van der Waals surface area contributed by atoms with Crippen molar-refractivity contribution in [2.45, 2.75) is 33.9 Å². The first-order chi connectivity index (χ1) is 17.3. The number of hydrogen-bond donors (Lipinski definition) is 0. The Labute approximate surface area is 206 Å². The van der Waals surface area contributed by atoms with Crippen LogP contribution < -0.4 is 15.0 Å². The predicted octanol–water partition coefficient (Wildman–Crippen LogP) is 3.33. The second-order valence-electron chi connectivity index (χ2n) is 8.79. The van der Waals surface area contributed by atoms with Crippen molar-refractivity contribution < 1.29 is 23.8 Å². The van der Waals surface area contributed by atoms with Gasteiger partial charge in [-0.2, -0.15) is 0 Å². The van der Waals surface area contributed by atoms with Gasteiger partial charge in [0.05, 0.1) is 17.2 Å². The van der Waals surface area contributed by atoms with Gasteiger partial charge in [-0.25, -0.2) is 4.98 Å². The molecule has 9 nitrogen and oxygen atoms in total. The molecule has 2 aromatic heterocycles. The molecule has 3 heterocycles. The zero-order valence-corrected chi connectivity index (χ0v) is 20.2. The molecular weight excluding hydrogens is 462 g/mol. The quantitative estimate of drug-likeness (QED) is 0.291. The summed E-state index contributed by atoms with van der Waals surface area (Å²) in [5, 5.41) is 0.427. The Morgan fingerprint density at radius 2 is 1.86 bits per heavy atom. The number of fused-ring (bicyclic) bond motifs is 2. The molecule has 9 heteroatoms. The minimum absolute atomic E-state index is 0.212. The van der Waals surface area contributed by atoms with Gasteiger partial charge in [0, 0.05) is 23.5 Å². The van der Waals surface area contributed by atoms with Gasteiger partial charge >= 0.3 is 5.97 Å². The van der Waals surface area contributed by atoms with E-state index in [9.17, 15) is 14.4 Å². The number of ketones is 1. The van der Waals surface area contributed by atoms with Gasteiger partial charge in [-0.1, -0.05) is 18.2 Å². The molecule has 0 bridgehead atoms. The fourth-order valence-corrected chi connectivity index (χ4v) is 4.41. The van der Waals surface area contributed by atoms with Crippen LogP contribution in [0, 0.1) is 20.8 Å². The van der Waals surface area contributed by atoms with Crippen LogP contribution in [0.15, 0.2) is 53.6 Å². The highest BCUT2D eigenvalue weighted by molar-refractivity contribution is 5.99. The number of ether oxygens (including phenoxy) is 3. The number of benzene rings is 2. The molecule has 0 radical (unpaired) electrons. The summed E-state index contributed by atoms with van der Waals surface area (Å²) in [5.41, 5.74) is 4.32. The first-order valence-corrected chi connectivity index (χ1v) is 11.5. The third-order valence-corrected chi connectivity index (χ3v) is 6.37. The monoisotopic (exact) mass is 487 g/mol. The van der Waals surface area contributed by atoms with Crippen LogP contribution >= 0.6 is 0 Å². The first kappa shape index (κ1) is 23.3. The van der Waals surface area contributed by atoms with Gasteiger partial charge in [0.15, 0.2) is 18.1 Å². The van der Waals surface area contributed by atoms with E-state index < -0.39 is 12.6 Å². The summed E-state index contributed by atoms with van der Waals surface area (Å²) in [6.45, 7) is 5.67. The Bertz CT molecular complexity index is 1570. The lowest BCUT2D eigenvalue weighted by Gasteiger charge is -2.11. The maximum atomic E-state index is 12.9. The fraction of sp³-hybridized carbons (Fsp3) is 0.259. The van der Waals surface area contributed by atoms with Gasteiger partial charge in [0.2, 0.25) is 12.6 Å². The van der Waals surface area contributed by atoms with Crippen molar-refractivity contribution in [2.24, 2.45) is 0 Å². The van der Waals surface area contributed by atoms with E-state index in [-0.39, 0.29) is 24.7 Å². The van der Waals surface area contributed by atoms with Gasteiger partial charge in [-0.3, -0.25) is 19.0 Å². The summed E-state index contributed by atoms with van der Waals surface area (Å²) in [6.07, 6.45) is 1.32. The van der Waals surface area contributed by atoms with Crippen molar-refractivity contribution in [3.05, 3.63) is 87.2 Å². The normalized spacial score (nSPS) is 12.2. The Morgan fingerprint density at radius 1 is 1.06 bits per heavy atom. The van der Waals surface area contributed by atoms with Gasteiger partial charge in [-0.05, 0) is 56.2 Å². The van der Waals surface area contributed by atoms with E-state index in [0.29, 0.717) is 34.5 Å². The third-order valence-electron chi connectivity index (χ3n) is 6.37. The molecule has 0 amide bonds. The number of rotatable bonds is 7. The van der Waals surface area contributed by atoms with Crippen LogP contribution in [0.5, 0.6) is 11.5 Å². The van der Waals surface area contributed by atoms with E-state index in [4.69, 9.17) is 14.2 Å². The summed E-state index contributed by atoms with van der Waals surface area (Å²) in [6, 6.07) is 12.8. The molecule has 0 unspecified atom stereocenters. The molecule has 0 atom stereocenters. The number of esters is 1. The number of carbonyl (C=O) groups is 2. The molecular formula is C27H25N3O6. The predicted molar refractivity (Wildman–Crippen MR) is 132 cm³/mol. The first-order valence-electron chi connectivity index (χ1n) is 11.5. The molecule has 0 saturated heterocycles. The molecule has 1 aliphatic rings. The lowest BCUT2D eigenvalue weighted by Crippen LogP contribution is -2.27. The molecule has 0 aliphatic carbocycles. The minimum atomic E-state index is -0.687. The van der Waals surface area contributed by atoms with Crippen LogP contribution in [0.1, 0.15) is 32.9 Å². The van der Waals surface area contributed by atoms with Crippen molar-refractivity contribution in [2.75, 3.05) is 13.4 Å². The van der Waals surface area contributed by atoms with Crippen molar-refractivity contribution >= 4 is 22.7 Å². The Balaban J connectivity index is 1.25. The maximum Gasteiger partial charge on any atom is 0.326 e. The average Bonchev–Trinajstić information content (AvgIpc) is 3.44. The highest BCUT2D eigenvalue weighted by Crippen LogP contribution is 2.33. The van der Waals surface area contributed by atoms with Gasteiger partial charge < -0.3 is 18.8 Å². The number of para-hydroxylation sites is 1. The minimum Gasteiger partial charge on any atom is -0.456 e. The largest absolute Gasteiger partial charge is 0.456 e. The van der Waals surface area contributed by atoms with E-state index in [1.807, 2.05) is 49.6 Å². The second-order valence-corrected chi connectivity index (χ2v) is 8.79. The summed E-state index contributed by atoms with van der Waals surface area (Å²) in [5.74, 6) is 0.421. The molecule has 0 fully saturated rings. The zero-order valence-electron chi connectivity index (χ0n) is 20.2. The summed E-state index contributed by atoms with van der Waals surface area (Å²) >= 11 is 0. The molecule has 0 N–H and O–H groups in total. The summed E-state index contributed by atoms with van der Waals surface area (Å²) < 4.78 is 19.2. The topological polar surface area (TPSA) is 102 Å². The number of aromatic nitrogens is 3. The third kappa shape index (κ3) is 4.35.